The van der Waals surface area contributed by atoms with Gasteiger partial charge in [0.15, 0.2) is 0 Å². The molecule has 18 heavy (non-hydrogen) atoms. The Balaban J connectivity index is 2.62. The summed E-state index contributed by atoms with van der Waals surface area (Å²) in [6.07, 6.45) is 0.216. The molecule has 0 heterocycles. The van der Waals surface area contributed by atoms with E-state index in [9.17, 15) is 14.0 Å². The fourth-order valence-corrected chi connectivity index (χ4v) is 1.67. The fraction of sp³-hybridized carbons (Fsp3) is 0.385. The number of nitrogens with zero attached hydrogens (tertiary/aromatic N) is 1. The molecule has 0 unspecified atom stereocenters. The number of carbonyl (C=O) groups is 2. The van der Waals surface area contributed by atoms with Crippen molar-refractivity contribution in [2.45, 2.75) is 19.3 Å². The minimum absolute atomic E-state index is 0.102. The van der Waals surface area contributed by atoms with Crippen LogP contribution >= 0.6 is 0 Å². The second-order valence-electron chi connectivity index (χ2n) is 4.38. The molecule has 1 aromatic carbocycles. The van der Waals surface area contributed by atoms with E-state index in [-0.39, 0.29) is 30.6 Å². The average molecular weight is 252 g/mol. The second-order valence-corrected chi connectivity index (χ2v) is 4.38. The molecule has 4 nitrogen and oxygen atoms in total. The fourth-order valence-electron chi connectivity index (χ4n) is 1.67. The van der Waals surface area contributed by atoms with Gasteiger partial charge in [-0.3, -0.25) is 9.59 Å². The van der Waals surface area contributed by atoms with Crippen molar-refractivity contribution in [2.75, 3.05) is 13.6 Å². The molecule has 0 bridgehead atoms. The lowest BCUT2D eigenvalue weighted by molar-refractivity contribution is -0.134. The highest BCUT2D eigenvalue weighted by atomic mass is 19.1. The predicted molar refractivity (Wildman–Crippen MR) is 66.3 cm³/mol. The quantitative estimate of drug-likeness (QED) is 0.857. The molecule has 0 radical (unpaired) electrons. The average Bonchev–Trinajstić information content (AvgIpc) is 2.27. The Kier molecular flexibility index (Phi) is 4.83. The van der Waals surface area contributed by atoms with Crippen LogP contribution in [-0.4, -0.2) is 30.3 Å². The summed E-state index contributed by atoms with van der Waals surface area (Å²) in [7, 11) is 1.52. The van der Waals surface area contributed by atoms with Crippen molar-refractivity contribution in [2.24, 2.45) is 5.73 Å². The van der Waals surface area contributed by atoms with Gasteiger partial charge in [0.2, 0.25) is 11.8 Å². The van der Waals surface area contributed by atoms with E-state index in [1.165, 1.54) is 24.1 Å². The molecule has 1 aromatic rings. The lowest BCUT2D eigenvalue weighted by atomic mass is 9.97. The number of hydrogen-bond acceptors (Lipinski definition) is 2. The highest BCUT2D eigenvalue weighted by molar-refractivity contribution is 5.83. The molecular weight excluding hydrogens is 235 g/mol. The second kappa shape index (κ2) is 6.14. The number of nitrogens with two attached hydrogens (primary N) is 1. The van der Waals surface area contributed by atoms with Gasteiger partial charge >= 0.3 is 0 Å². The molecule has 2 N–H and O–H groups in total. The van der Waals surface area contributed by atoms with E-state index in [1.807, 2.05) is 6.92 Å². The standard InChI is InChI=1S/C13H17FN2O2/c1-9(10-4-3-5-11(14)7-10)6-13(18)16(2)8-12(15)17/h3-5,7,9H,6,8H2,1-2H3,(H2,15,17)/t9-/m0/s1. The first-order valence-corrected chi connectivity index (χ1v) is 5.68. The maximum Gasteiger partial charge on any atom is 0.237 e. The molecular formula is C13H17FN2O2. The predicted octanol–water partition coefficient (Wildman–Crippen LogP) is 1.26. The van der Waals surface area contributed by atoms with Crippen molar-refractivity contribution in [3.8, 4) is 0 Å². The number of benzene rings is 1. The first-order chi connectivity index (χ1) is 8.40. The smallest absolute Gasteiger partial charge is 0.237 e. The highest BCUT2D eigenvalue weighted by Gasteiger charge is 2.16. The van der Waals surface area contributed by atoms with Crippen LogP contribution in [0.2, 0.25) is 0 Å². The van der Waals surface area contributed by atoms with E-state index in [0.717, 1.165) is 5.56 Å². The molecule has 0 aliphatic carbocycles. The van der Waals surface area contributed by atoms with E-state index in [0.29, 0.717) is 0 Å². The van der Waals surface area contributed by atoms with Gasteiger partial charge in [0.1, 0.15) is 5.82 Å². The van der Waals surface area contributed by atoms with Gasteiger partial charge < -0.3 is 10.6 Å². The molecule has 5 heteroatoms. The number of amides is 2. The van der Waals surface area contributed by atoms with Crippen LogP contribution < -0.4 is 5.73 Å². The molecule has 0 saturated carbocycles. The van der Waals surface area contributed by atoms with Gasteiger partial charge in [0.25, 0.3) is 0 Å². The molecule has 0 aromatic heterocycles. The number of primary amides is 1. The van der Waals surface area contributed by atoms with Crippen LogP contribution in [-0.2, 0) is 9.59 Å². The highest BCUT2D eigenvalue weighted by Crippen LogP contribution is 2.20. The van der Waals surface area contributed by atoms with Crippen LogP contribution in [0, 0.1) is 5.82 Å². The van der Waals surface area contributed by atoms with Crippen LogP contribution in [0.1, 0.15) is 24.8 Å². The zero-order valence-corrected chi connectivity index (χ0v) is 10.5. The van der Waals surface area contributed by atoms with Crippen LogP contribution in [0.4, 0.5) is 4.39 Å². The molecule has 0 saturated heterocycles. The van der Waals surface area contributed by atoms with Crippen molar-refractivity contribution in [3.63, 3.8) is 0 Å². The summed E-state index contributed by atoms with van der Waals surface area (Å²) >= 11 is 0. The SMILES string of the molecule is C[C@@H](CC(=O)N(C)CC(N)=O)c1cccc(F)c1. The molecule has 1 rings (SSSR count). The molecule has 0 fully saturated rings. The molecule has 2 amide bonds. The third-order valence-corrected chi connectivity index (χ3v) is 2.72. The normalized spacial score (nSPS) is 11.9. The van der Waals surface area contributed by atoms with Crippen molar-refractivity contribution >= 4 is 11.8 Å². The van der Waals surface area contributed by atoms with E-state index in [2.05, 4.69) is 0 Å². The van der Waals surface area contributed by atoms with E-state index in [1.54, 1.807) is 12.1 Å². The van der Waals surface area contributed by atoms with Crippen molar-refractivity contribution in [3.05, 3.63) is 35.6 Å². The third-order valence-electron chi connectivity index (χ3n) is 2.72. The molecule has 0 spiro atoms. The van der Waals surface area contributed by atoms with Gasteiger partial charge in [-0.05, 0) is 23.6 Å². The van der Waals surface area contributed by atoms with Crippen molar-refractivity contribution < 1.29 is 14.0 Å². The van der Waals surface area contributed by atoms with Crippen molar-refractivity contribution in [1.82, 2.24) is 4.90 Å². The third kappa shape index (κ3) is 4.16. The van der Waals surface area contributed by atoms with Crippen LogP contribution in [0.5, 0.6) is 0 Å². The Morgan fingerprint density at radius 3 is 2.67 bits per heavy atom. The lowest BCUT2D eigenvalue weighted by Crippen LogP contribution is -2.35. The minimum Gasteiger partial charge on any atom is -0.368 e. The Morgan fingerprint density at radius 1 is 1.44 bits per heavy atom. The molecule has 0 aliphatic heterocycles. The Hall–Kier alpha value is -1.91. The van der Waals surface area contributed by atoms with Crippen LogP contribution in [0.15, 0.2) is 24.3 Å². The minimum atomic E-state index is -0.552. The van der Waals surface area contributed by atoms with Gasteiger partial charge in [-0.1, -0.05) is 19.1 Å². The maximum absolute atomic E-state index is 13.0. The van der Waals surface area contributed by atoms with Gasteiger partial charge in [-0.25, -0.2) is 4.39 Å². The van der Waals surface area contributed by atoms with Crippen LogP contribution in [0.3, 0.4) is 0 Å². The Labute approximate surface area is 106 Å². The van der Waals surface area contributed by atoms with Crippen LogP contribution in [0.25, 0.3) is 0 Å². The Bertz CT molecular complexity index is 448. The summed E-state index contributed by atoms with van der Waals surface area (Å²) in [4.78, 5) is 23.7. The summed E-state index contributed by atoms with van der Waals surface area (Å²) in [6.45, 7) is 1.74. The topological polar surface area (TPSA) is 63.4 Å². The van der Waals surface area contributed by atoms with Gasteiger partial charge in [0.05, 0.1) is 6.54 Å². The molecule has 1 atom stereocenters. The van der Waals surface area contributed by atoms with Crippen molar-refractivity contribution in [1.29, 1.82) is 0 Å². The summed E-state index contributed by atoms with van der Waals surface area (Å²) in [6, 6.07) is 6.15. The molecule has 98 valence electrons. The van der Waals surface area contributed by atoms with Gasteiger partial charge in [-0.15, -0.1) is 0 Å². The number of rotatable bonds is 5. The number of likely N-dealkylation sites (N-methyl/N-ethyl adjacent to an activating group) is 1. The summed E-state index contributed by atoms with van der Waals surface area (Å²) in [5.41, 5.74) is 5.77. The van der Waals surface area contributed by atoms with E-state index >= 15 is 0 Å². The first-order valence-electron chi connectivity index (χ1n) is 5.68. The Morgan fingerprint density at radius 2 is 2.11 bits per heavy atom. The largest absolute Gasteiger partial charge is 0.368 e. The zero-order chi connectivity index (χ0) is 13.7. The lowest BCUT2D eigenvalue weighted by Gasteiger charge is -2.18. The maximum atomic E-state index is 13.0. The zero-order valence-electron chi connectivity index (χ0n) is 10.5. The van der Waals surface area contributed by atoms with E-state index < -0.39 is 5.91 Å². The molecule has 0 aliphatic rings. The first kappa shape index (κ1) is 14.2. The number of halogens is 1. The van der Waals surface area contributed by atoms with Gasteiger partial charge in [0, 0.05) is 13.5 Å². The van der Waals surface area contributed by atoms with Gasteiger partial charge in [-0.2, -0.15) is 0 Å². The summed E-state index contributed by atoms with van der Waals surface area (Å²) in [5, 5.41) is 0. The van der Waals surface area contributed by atoms with E-state index in [4.69, 9.17) is 5.73 Å². The monoisotopic (exact) mass is 252 g/mol. The number of hydrogen-bond donors (Lipinski definition) is 1. The summed E-state index contributed by atoms with van der Waals surface area (Å²) in [5.74, 6) is -1.17. The number of carbonyl (C=O) groups excluding carboxylic acids is 2. The summed E-state index contributed by atoms with van der Waals surface area (Å²) < 4.78 is 13.0.